The molecule has 2 N–H and O–H groups in total. The number of aliphatic hydroxyl groups excluding tert-OH is 1. The lowest BCUT2D eigenvalue weighted by molar-refractivity contribution is -0.180. The van der Waals surface area contributed by atoms with Crippen molar-refractivity contribution >= 4 is 0 Å². The molecule has 136 valence electrons. The SMILES string of the molecule is CC1(O)OC[C@]23CC[C@H]4[C@@H](CCC5C[C@@H](O)CC[C@@]54C)[C@@H]2CC[C@H]13. The summed E-state index contributed by atoms with van der Waals surface area (Å²) in [6.07, 6.45) is 10.9. The normalized spacial score (nSPS) is 62.5. The van der Waals surface area contributed by atoms with Gasteiger partial charge in [0.2, 0.25) is 0 Å². The van der Waals surface area contributed by atoms with E-state index in [0.717, 1.165) is 49.5 Å². The van der Waals surface area contributed by atoms with E-state index in [0.29, 0.717) is 11.3 Å². The molecule has 3 nitrogen and oxygen atoms in total. The first-order chi connectivity index (χ1) is 11.4. The molecule has 1 saturated heterocycles. The standard InChI is InChI=1S/C21H34O3/c1-19-9-7-14(22)11-13(19)3-4-15-16(19)8-10-21-12-24-20(2,23)18(21)6-5-17(15)21/h13-18,22-23H,3-12H2,1-2H3/t13?,14-,15+,16-,17-,18+,19-,20?,21+/m0/s1. The molecular weight excluding hydrogens is 300 g/mol. The Morgan fingerprint density at radius 1 is 0.917 bits per heavy atom. The topological polar surface area (TPSA) is 49.7 Å². The first kappa shape index (κ1) is 16.1. The Bertz CT molecular complexity index is 531. The fourth-order valence-electron chi connectivity index (χ4n) is 8.51. The zero-order chi connectivity index (χ0) is 16.7. The average Bonchev–Trinajstić information content (AvgIpc) is 3.04. The molecule has 1 aliphatic heterocycles. The molecule has 5 fully saturated rings. The Morgan fingerprint density at radius 3 is 2.58 bits per heavy atom. The predicted octanol–water partition coefficient (Wildman–Crippen LogP) is 3.73. The highest BCUT2D eigenvalue weighted by molar-refractivity contribution is 5.13. The van der Waals surface area contributed by atoms with Gasteiger partial charge in [0.25, 0.3) is 0 Å². The summed E-state index contributed by atoms with van der Waals surface area (Å²) >= 11 is 0. The lowest BCUT2D eigenvalue weighted by Crippen LogP contribution is -2.54. The molecule has 5 aliphatic rings. The van der Waals surface area contributed by atoms with Crippen LogP contribution in [0.15, 0.2) is 0 Å². The van der Waals surface area contributed by atoms with Crippen LogP contribution < -0.4 is 0 Å². The molecule has 0 aromatic heterocycles. The molecule has 1 heterocycles. The zero-order valence-corrected chi connectivity index (χ0v) is 15.3. The summed E-state index contributed by atoms with van der Waals surface area (Å²) < 4.78 is 5.92. The van der Waals surface area contributed by atoms with Crippen molar-refractivity contribution in [2.45, 2.75) is 83.5 Å². The van der Waals surface area contributed by atoms with Crippen molar-refractivity contribution in [2.75, 3.05) is 6.61 Å². The van der Waals surface area contributed by atoms with Crippen LogP contribution in [0.2, 0.25) is 0 Å². The Kier molecular flexibility index (Phi) is 3.34. The van der Waals surface area contributed by atoms with Crippen LogP contribution in [0.3, 0.4) is 0 Å². The Balaban J connectivity index is 1.46. The van der Waals surface area contributed by atoms with E-state index in [1.807, 2.05) is 6.92 Å². The average molecular weight is 335 g/mol. The molecule has 4 saturated carbocycles. The molecule has 5 rings (SSSR count). The summed E-state index contributed by atoms with van der Waals surface area (Å²) in [5.74, 6) is 2.63. The van der Waals surface area contributed by atoms with Crippen molar-refractivity contribution in [2.24, 2.45) is 40.4 Å². The van der Waals surface area contributed by atoms with Gasteiger partial charge in [0.05, 0.1) is 12.7 Å². The van der Waals surface area contributed by atoms with Gasteiger partial charge in [0, 0.05) is 11.3 Å². The Labute approximate surface area is 146 Å². The second kappa shape index (κ2) is 4.98. The molecule has 9 atom stereocenters. The van der Waals surface area contributed by atoms with E-state index < -0.39 is 5.79 Å². The molecule has 24 heavy (non-hydrogen) atoms. The second-order valence-electron chi connectivity index (χ2n) is 10.3. The van der Waals surface area contributed by atoms with Crippen LogP contribution in [-0.2, 0) is 4.74 Å². The molecule has 1 spiro atoms. The summed E-state index contributed by atoms with van der Waals surface area (Å²) in [6.45, 7) is 5.24. The third-order valence-electron chi connectivity index (χ3n) is 9.63. The van der Waals surface area contributed by atoms with Gasteiger partial charge in [0.1, 0.15) is 0 Å². The van der Waals surface area contributed by atoms with E-state index in [9.17, 15) is 10.2 Å². The Hall–Kier alpha value is -0.120. The highest BCUT2D eigenvalue weighted by atomic mass is 16.6. The maximum absolute atomic E-state index is 10.7. The molecule has 0 aromatic rings. The first-order valence-corrected chi connectivity index (χ1v) is 10.4. The van der Waals surface area contributed by atoms with E-state index in [2.05, 4.69) is 6.92 Å². The maximum Gasteiger partial charge on any atom is 0.166 e. The van der Waals surface area contributed by atoms with E-state index in [1.54, 1.807) is 0 Å². The van der Waals surface area contributed by atoms with Gasteiger partial charge in [-0.25, -0.2) is 0 Å². The molecule has 3 heteroatoms. The molecule has 2 unspecified atom stereocenters. The number of hydrogen-bond donors (Lipinski definition) is 2. The van der Waals surface area contributed by atoms with Crippen LogP contribution in [0.4, 0.5) is 0 Å². The molecule has 0 bridgehead atoms. The number of ether oxygens (including phenoxy) is 1. The first-order valence-electron chi connectivity index (χ1n) is 10.4. The summed E-state index contributed by atoms with van der Waals surface area (Å²) in [5, 5.41) is 20.9. The van der Waals surface area contributed by atoms with Gasteiger partial charge in [-0.3, -0.25) is 0 Å². The summed E-state index contributed by atoms with van der Waals surface area (Å²) in [5.41, 5.74) is 0.714. The number of hydrogen-bond acceptors (Lipinski definition) is 3. The van der Waals surface area contributed by atoms with Gasteiger partial charge in [-0.1, -0.05) is 6.92 Å². The van der Waals surface area contributed by atoms with Crippen LogP contribution >= 0.6 is 0 Å². The summed E-state index contributed by atoms with van der Waals surface area (Å²) in [4.78, 5) is 0. The predicted molar refractivity (Wildman–Crippen MR) is 92.1 cm³/mol. The quantitative estimate of drug-likeness (QED) is 0.710. The van der Waals surface area contributed by atoms with Crippen molar-refractivity contribution < 1.29 is 14.9 Å². The highest BCUT2D eigenvalue weighted by Crippen LogP contribution is 2.70. The van der Waals surface area contributed by atoms with Gasteiger partial charge in [-0.2, -0.15) is 0 Å². The fourth-order valence-corrected chi connectivity index (χ4v) is 8.51. The molecular formula is C21H34O3. The number of aliphatic hydroxyl groups is 2. The monoisotopic (exact) mass is 334 g/mol. The fraction of sp³-hybridized carbons (Fsp3) is 1.00. The zero-order valence-electron chi connectivity index (χ0n) is 15.3. The Morgan fingerprint density at radius 2 is 1.75 bits per heavy atom. The summed E-state index contributed by atoms with van der Waals surface area (Å²) in [7, 11) is 0. The van der Waals surface area contributed by atoms with Gasteiger partial charge < -0.3 is 14.9 Å². The number of fused-ring (bicyclic) bond motifs is 4. The van der Waals surface area contributed by atoms with Crippen LogP contribution in [-0.4, -0.2) is 28.7 Å². The third-order valence-corrected chi connectivity index (χ3v) is 9.63. The van der Waals surface area contributed by atoms with E-state index in [4.69, 9.17) is 4.74 Å². The molecule has 0 radical (unpaired) electrons. The smallest absolute Gasteiger partial charge is 0.166 e. The van der Waals surface area contributed by atoms with Gasteiger partial charge in [0.15, 0.2) is 5.79 Å². The second-order valence-corrected chi connectivity index (χ2v) is 10.3. The third kappa shape index (κ3) is 1.90. The minimum absolute atomic E-state index is 0.0521. The van der Waals surface area contributed by atoms with Crippen LogP contribution in [0, 0.1) is 40.4 Å². The number of rotatable bonds is 0. The van der Waals surface area contributed by atoms with E-state index >= 15 is 0 Å². The van der Waals surface area contributed by atoms with Gasteiger partial charge in [-0.05, 0) is 93.8 Å². The molecule has 0 aromatic carbocycles. The van der Waals surface area contributed by atoms with Crippen LogP contribution in [0.1, 0.15) is 71.6 Å². The largest absolute Gasteiger partial charge is 0.393 e. The van der Waals surface area contributed by atoms with E-state index in [-0.39, 0.29) is 11.5 Å². The van der Waals surface area contributed by atoms with Gasteiger partial charge in [-0.15, -0.1) is 0 Å². The van der Waals surface area contributed by atoms with Crippen molar-refractivity contribution in [3.8, 4) is 0 Å². The lowest BCUT2D eigenvalue weighted by Gasteiger charge is -2.60. The van der Waals surface area contributed by atoms with Crippen LogP contribution in [0.25, 0.3) is 0 Å². The van der Waals surface area contributed by atoms with Crippen molar-refractivity contribution in [1.29, 1.82) is 0 Å². The molecule has 0 amide bonds. The van der Waals surface area contributed by atoms with Crippen molar-refractivity contribution in [3.63, 3.8) is 0 Å². The van der Waals surface area contributed by atoms with Gasteiger partial charge >= 0.3 is 0 Å². The maximum atomic E-state index is 10.7. The van der Waals surface area contributed by atoms with Crippen molar-refractivity contribution in [3.05, 3.63) is 0 Å². The summed E-state index contributed by atoms with van der Waals surface area (Å²) in [6, 6.07) is 0. The highest BCUT2D eigenvalue weighted by Gasteiger charge is 2.67. The van der Waals surface area contributed by atoms with Crippen LogP contribution in [0.5, 0.6) is 0 Å². The van der Waals surface area contributed by atoms with Crippen molar-refractivity contribution in [1.82, 2.24) is 0 Å². The minimum atomic E-state index is -0.891. The van der Waals surface area contributed by atoms with E-state index in [1.165, 1.54) is 38.5 Å². The minimum Gasteiger partial charge on any atom is -0.393 e. The molecule has 4 aliphatic carbocycles. The lowest BCUT2D eigenvalue weighted by atomic mass is 9.44.